The first-order valence-electron chi connectivity index (χ1n) is 30.1. The van der Waals surface area contributed by atoms with Crippen molar-refractivity contribution in [1.82, 2.24) is 0 Å². The van der Waals surface area contributed by atoms with Crippen LogP contribution in [0.15, 0.2) is 0 Å². The zero-order valence-electron chi connectivity index (χ0n) is 49.0. The molecule has 0 aromatic heterocycles. The summed E-state index contributed by atoms with van der Waals surface area (Å²) in [6.07, 6.45) is 15.0. The van der Waals surface area contributed by atoms with Crippen LogP contribution in [0.4, 0.5) is 0 Å². The molecule has 0 rings (SSSR count). The Balaban J connectivity index is 3.08. The standard InChI is InChI=1S/C57H116O21/c58-18-54-76-52-16-50-74-48-14-46-72-44-12-42-70-40-10-38-68-36-8-34-66-32-6-30-64-28-4-26-62-24-2-22-60-20-1-21-61-23-3-25-63-27-5-29-65-31-7-33-67-35-9-37-69-39-11-41-71-43-13-45-73-47-15-49-75-51-17-53-77-56-57-78-55-19-59/h58-59H,1-57H2. The summed E-state index contributed by atoms with van der Waals surface area (Å²) in [4.78, 5) is 0. The molecule has 0 aromatic rings. The summed E-state index contributed by atoms with van der Waals surface area (Å²) in [5.74, 6) is 0. The summed E-state index contributed by atoms with van der Waals surface area (Å²) < 4.78 is 106. The zero-order chi connectivity index (χ0) is 55.7. The van der Waals surface area contributed by atoms with Crippen LogP contribution in [0.2, 0.25) is 0 Å². The zero-order valence-corrected chi connectivity index (χ0v) is 49.0. The molecule has 78 heavy (non-hydrogen) atoms. The van der Waals surface area contributed by atoms with E-state index < -0.39 is 0 Å². The van der Waals surface area contributed by atoms with Crippen LogP contribution >= 0.6 is 0 Å². The fourth-order valence-electron chi connectivity index (χ4n) is 6.66. The number of aliphatic hydroxyl groups excluding tert-OH is 2. The SMILES string of the molecule is OCCOCCCOCCCOCCCOCCCOCCCOCCCOCCCOCCCOCCCOCCCOCCCOCCCOCCCOCCCOCCCOCCCOCCCOCCOCCO. The van der Waals surface area contributed by atoms with Gasteiger partial charge in [0, 0.05) is 225 Å². The van der Waals surface area contributed by atoms with Gasteiger partial charge in [0.25, 0.3) is 0 Å². The smallest absolute Gasteiger partial charge is 0.0701 e. The van der Waals surface area contributed by atoms with Crippen LogP contribution in [-0.2, 0) is 90.0 Å². The number of rotatable bonds is 75. The second kappa shape index (κ2) is 76.2. The Kier molecular flexibility index (Phi) is 75.3. The molecule has 0 bridgehead atoms. The minimum Gasteiger partial charge on any atom is -0.394 e. The molecule has 0 saturated heterocycles. The maximum absolute atomic E-state index is 8.64. The van der Waals surface area contributed by atoms with Crippen molar-refractivity contribution < 1.29 is 100 Å². The predicted molar refractivity (Wildman–Crippen MR) is 298 cm³/mol. The van der Waals surface area contributed by atoms with Crippen molar-refractivity contribution in [2.45, 2.75) is 109 Å². The summed E-state index contributed by atoms with van der Waals surface area (Å²) in [5.41, 5.74) is 0. The van der Waals surface area contributed by atoms with Crippen LogP contribution in [0.25, 0.3) is 0 Å². The van der Waals surface area contributed by atoms with E-state index in [0.717, 1.165) is 109 Å². The van der Waals surface area contributed by atoms with E-state index in [0.29, 0.717) is 251 Å². The first kappa shape index (κ1) is 77.2. The molecule has 0 aliphatic carbocycles. The largest absolute Gasteiger partial charge is 0.394 e. The summed E-state index contributed by atoms with van der Waals surface area (Å²) in [5, 5.41) is 17.3. The molecule has 0 amide bonds. The van der Waals surface area contributed by atoms with Crippen LogP contribution in [0, 0.1) is 0 Å². The van der Waals surface area contributed by atoms with Gasteiger partial charge in [-0.1, -0.05) is 0 Å². The Labute approximate surface area is 472 Å². The minimum atomic E-state index is 0.0417. The number of aliphatic hydroxyl groups is 2. The van der Waals surface area contributed by atoms with Crippen molar-refractivity contribution in [3.05, 3.63) is 0 Å². The highest BCUT2D eigenvalue weighted by Gasteiger charge is 2.01. The number of ether oxygens (including phenoxy) is 19. The normalized spacial score (nSPS) is 11.8. The van der Waals surface area contributed by atoms with Crippen LogP contribution in [0.1, 0.15) is 109 Å². The Bertz CT molecular complexity index is 939. The molecule has 0 unspecified atom stereocenters. The van der Waals surface area contributed by atoms with E-state index in [-0.39, 0.29) is 13.2 Å². The average molecular weight is 1140 g/mol. The predicted octanol–water partition coefficient (Wildman–Crippen LogP) is 5.92. The molecule has 0 aliphatic heterocycles. The molecule has 0 spiro atoms. The lowest BCUT2D eigenvalue weighted by molar-refractivity contribution is 0.0222. The molecule has 21 heteroatoms. The van der Waals surface area contributed by atoms with E-state index in [1.807, 2.05) is 0 Å². The minimum absolute atomic E-state index is 0.0417. The van der Waals surface area contributed by atoms with Crippen molar-refractivity contribution in [3.63, 3.8) is 0 Å². The second-order valence-electron chi connectivity index (χ2n) is 18.1. The second-order valence-corrected chi connectivity index (χ2v) is 18.1. The maximum atomic E-state index is 8.64. The Morgan fingerprint density at radius 3 is 0.282 bits per heavy atom. The lowest BCUT2D eigenvalue weighted by Crippen LogP contribution is -2.09. The molecule has 0 heterocycles. The van der Waals surface area contributed by atoms with Gasteiger partial charge < -0.3 is 100 Å². The molecule has 21 nitrogen and oxygen atoms in total. The maximum Gasteiger partial charge on any atom is 0.0701 e. The van der Waals surface area contributed by atoms with E-state index in [1.54, 1.807) is 0 Å². The molecule has 470 valence electrons. The van der Waals surface area contributed by atoms with Gasteiger partial charge in [0.1, 0.15) is 0 Å². The van der Waals surface area contributed by atoms with Crippen molar-refractivity contribution in [2.75, 3.05) is 264 Å². The van der Waals surface area contributed by atoms with Crippen molar-refractivity contribution >= 4 is 0 Å². The third-order valence-corrected chi connectivity index (χ3v) is 10.7. The Hall–Kier alpha value is -0.840. The molecule has 0 saturated carbocycles. The van der Waals surface area contributed by atoms with Crippen molar-refractivity contribution in [2.24, 2.45) is 0 Å². The van der Waals surface area contributed by atoms with E-state index in [1.165, 1.54) is 0 Å². The Morgan fingerprint density at radius 1 is 0.103 bits per heavy atom. The number of hydrogen-bond acceptors (Lipinski definition) is 21. The van der Waals surface area contributed by atoms with Crippen molar-refractivity contribution in [3.8, 4) is 0 Å². The Morgan fingerprint density at radius 2 is 0.179 bits per heavy atom. The van der Waals surface area contributed by atoms with Gasteiger partial charge in [0.15, 0.2) is 0 Å². The van der Waals surface area contributed by atoms with E-state index >= 15 is 0 Å². The average Bonchev–Trinajstić information content (AvgIpc) is 3.45. The van der Waals surface area contributed by atoms with Gasteiger partial charge in [-0.3, -0.25) is 0 Å². The highest BCUT2D eigenvalue weighted by Crippen LogP contribution is 1.99. The fraction of sp³-hybridized carbons (Fsp3) is 1.00. The van der Waals surface area contributed by atoms with Crippen LogP contribution < -0.4 is 0 Å². The van der Waals surface area contributed by atoms with Gasteiger partial charge >= 0.3 is 0 Å². The summed E-state index contributed by atoms with van der Waals surface area (Å²) >= 11 is 0. The van der Waals surface area contributed by atoms with Crippen LogP contribution in [0.3, 0.4) is 0 Å². The lowest BCUT2D eigenvalue weighted by atomic mass is 10.4. The summed E-state index contributed by atoms with van der Waals surface area (Å²) in [7, 11) is 0. The van der Waals surface area contributed by atoms with Crippen molar-refractivity contribution in [1.29, 1.82) is 0 Å². The lowest BCUT2D eigenvalue weighted by Gasteiger charge is -2.08. The monoisotopic (exact) mass is 1140 g/mol. The molecule has 0 fully saturated rings. The third-order valence-electron chi connectivity index (χ3n) is 10.7. The first-order valence-corrected chi connectivity index (χ1v) is 30.1. The van der Waals surface area contributed by atoms with Crippen LogP contribution in [-0.4, -0.2) is 274 Å². The molecule has 0 aromatic carbocycles. The molecule has 2 N–H and O–H groups in total. The molecule has 0 radical (unpaired) electrons. The molecule has 0 aliphatic rings. The number of hydrogen-bond donors (Lipinski definition) is 2. The molecule has 0 atom stereocenters. The highest BCUT2D eigenvalue weighted by molar-refractivity contribution is 4.47. The van der Waals surface area contributed by atoms with E-state index in [4.69, 9.17) is 100 Å². The first-order chi connectivity index (χ1) is 38.9. The topological polar surface area (TPSA) is 216 Å². The molecular weight excluding hydrogens is 1020 g/mol. The van der Waals surface area contributed by atoms with Gasteiger partial charge in [-0.05, 0) is 109 Å². The summed E-state index contributed by atoms with van der Waals surface area (Å²) in [6, 6.07) is 0. The van der Waals surface area contributed by atoms with E-state index in [2.05, 4.69) is 0 Å². The fourth-order valence-corrected chi connectivity index (χ4v) is 6.66. The van der Waals surface area contributed by atoms with E-state index in [9.17, 15) is 0 Å². The van der Waals surface area contributed by atoms with Gasteiger partial charge in [0.2, 0.25) is 0 Å². The summed E-state index contributed by atoms with van der Waals surface area (Å²) in [6.45, 7) is 25.4. The van der Waals surface area contributed by atoms with Gasteiger partial charge in [-0.2, -0.15) is 0 Å². The quantitative estimate of drug-likeness (QED) is 0.0676. The van der Waals surface area contributed by atoms with Crippen LogP contribution in [0.5, 0.6) is 0 Å². The van der Waals surface area contributed by atoms with Gasteiger partial charge in [-0.15, -0.1) is 0 Å². The molecular formula is C57H116O21. The van der Waals surface area contributed by atoms with Gasteiger partial charge in [-0.25, -0.2) is 0 Å². The van der Waals surface area contributed by atoms with Gasteiger partial charge in [0.05, 0.1) is 39.6 Å². The highest BCUT2D eigenvalue weighted by atomic mass is 16.5. The third kappa shape index (κ3) is 75.2.